The van der Waals surface area contributed by atoms with Crippen LogP contribution in [0.1, 0.15) is 23.2 Å². The minimum Gasteiger partial charge on any atom is -0.507 e. The van der Waals surface area contributed by atoms with E-state index in [1.54, 1.807) is 29.2 Å². The molecule has 1 saturated heterocycles. The number of carbonyl (C=O) groups excluding carboxylic acids is 2. The molecule has 0 atom stereocenters. The molecule has 1 fully saturated rings. The van der Waals surface area contributed by atoms with Gasteiger partial charge in [-0.05, 0) is 36.8 Å². The number of rotatable bonds is 4. The maximum Gasteiger partial charge on any atom is 0.259 e. The average Bonchev–Trinajstić information content (AvgIpc) is 3.00. The Morgan fingerprint density at radius 1 is 1.28 bits per heavy atom. The summed E-state index contributed by atoms with van der Waals surface area (Å²) in [6.45, 7) is 0.643. The molecule has 0 radical (unpaired) electrons. The summed E-state index contributed by atoms with van der Waals surface area (Å²) in [5.74, 6) is -0.151. The van der Waals surface area contributed by atoms with E-state index in [-0.39, 0.29) is 17.2 Å². The Morgan fingerprint density at radius 2 is 2.08 bits per heavy atom. The van der Waals surface area contributed by atoms with Crippen molar-refractivity contribution in [2.24, 2.45) is 0 Å². The number of benzene rings is 2. The SMILES string of the molecule is COc1ccc(C(=O)Nc2ccc(N3CCCC3=O)c(Cl)c2)c(O)c1. The first-order valence-electron chi connectivity index (χ1n) is 7.78. The van der Waals surface area contributed by atoms with Crippen LogP contribution in [0.3, 0.4) is 0 Å². The lowest BCUT2D eigenvalue weighted by atomic mass is 10.1. The van der Waals surface area contributed by atoms with Gasteiger partial charge < -0.3 is 20.1 Å². The van der Waals surface area contributed by atoms with Crippen LogP contribution in [-0.2, 0) is 4.79 Å². The Bertz CT molecular complexity index is 838. The van der Waals surface area contributed by atoms with E-state index in [9.17, 15) is 14.7 Å². The molecular weight excluding hydrogens is 344 g/mol. The van der Waals surface area contributed by atoms with E-state index in [2.05, 4.69) is 5.32 Å². The summed E-state index contributed by atoms with van der Waals surface area (Å²) in [7, 11) is 1.48. The maximum absolute atomic E-state index is 12.3. The number of nitrogens with zero attached hydrogens (tertiary/aromatic N) is 1. The predicted molar refractivity (Wildman–Crippen MR) is 95.7 cm³/mol. The zero-order valence-electron chi connectivity index (χ0n) is 13.6. The topological polar surface area (TPSA) is 78.9 Å². The van der Waals surface area contributed by atoms with Crippen LogP contribution in [0.25, 0.3) is 0 Å². The minimum atomic E-state index is -0.471. The number of hydrogen-bond acceptors (Lipinski definition) is 4. The fourth-order valence-electron chi connectivity index (χ4n) is 2.74. The van der Waals surface area contributed by atoms with Gasteiger partial charge in [0, 0.05) is 24.7 Å². The van der Waals surface area contributed by atoms with Gasteiger partial charge in [0.2, 0.25) is 5.91 Å². The molecule has 1 aliphatic rings. The lowest BCUT2D eigenvalue weighted by molar-refractivity contribution is -0.117. The first kappa shape index (κ1) is 17.1. The molecule has 2 aromatic rings. The summed E-state index contributed by atoms with van der Waals surface area (Å²) < 4.78 is 4.99. The van der Waals surface area contributed by atoms with Crippen molar-refractivity contribution in [3.63, 3.8) is 0 Å². The minimum absolute atomic E-state index is 0.0434. The number of carbonyl (C=O) groups is 2. The number of phenolic OH excluding ortho intramolecular Hbond substituents is 1. The molecular formula is C18H17ClN2O4. The highest BCUT2D eigenvalue weighted by Gasteiger charge is 2.23. The van der Waals surface area contributed by atoms with E-state index in [0.29, 0.717) is 35.1 Å². The largest absolute Gasteiger partial charge is 0.507 e. The van der Waals surface area contributed by atoms with Crippen molar-refractivity contribution in [2.75, 3.05) is 23.9 Å². The van der Waals surface area contributed by atoms with Crippen LogP contribution < -0.4 is 15.0 Å². The smallest absolute Gasteiger partial charge is 0.259 e. The van der Waals surface area contributed by atoms with Gasteiger partial charge in [-0.15, -0.1) is 0 Å². The zero-order valence-corrected chi connectivity index (χ0v) is 14.3. The third-order valence-electron chi connectivity index (χ3n) is 4.02. The molecule has 1 heterocycles. The Morgan fingerprint density at radius 3 is 2.68 bits per heavy atom. The van der Waals surface area contributed by atoms with E-state index >= 15 is 0 Å². The molecule has 7 heteroatoms. The number of ether oxygens (including phenoxy) is 1. The molecule has 0 bridgehead atoms. The first-order valence-corrected chi connectivity index (χ1v) is 8.15. The van der Waals surface area contributed by atoms with Crippen molar-refractivity contribution in [3.05, 3.63) is 47.0 Å². The first-order chi connectivity index (χ1) is 12.0. The lowest BCUT2D eigenvalue weighted by Crippen LogP contribution is -2.24. The van der Waals surface area contributed by atoms with Gasteiger partial charge in [-0.3, -0.25) is 9.59 Å². The van der Waals surface area contributed by atoms with Gasteiger partial charge in [0.15, 0.2) is 0 Å². The molecule has 0 unspecified atom stereocenters. The molecule has 1 aliphatic heterocycles. The molecule has 2 amide bonds. The number of phenols is 1. The van der Waals surface area contributed by atoms with Gasteiger partial charge >= 0.3 is 0 Å². The molecule has 25 heavy (non-hydrogen) atoms. The van der Waals surface area contributed by atoms with E-state index in [1.807, 2.05) is 0 Å². The summed E-state index contributed by atoms with van der Waals surface area (Å²) >= 11 is 6.26. The third-order valence-corrected chi connectivity index (χ3v) is 4.32. The van der Waals surface area contributed by atoms with Crippen LogP contribution >= 0.6 is 11.6 Å². The molecule has 0 spiro atoms. The highest BCUT2D eigenvalue weighted by molar-refractivity contribution is 6.34. The molecule has 0 saturated carbocycles. The standard InChI is InChI=1S/C18H17ClN2O4/c1-25-12-5-6-13(16(22)10-12)18(24)20-11-4-7-15(14(19)9-11)21-8-2-3-17(21)23/h4-7,9-10,22H,2-3,8H2,1H3,(H,20,24). The molecule has 130 valence electrons. The number of anilines is 2. The molecule has 0 aliphatic carbocycles. The van der Waals surface area contributed by atoms with Crippen molar-refractivity contribution >= 4 is 34.8 Å². The second kappa shape index (κ2) is 7.03. The maximum atomic E-state index is 12.3. The van der Waals surface area contributed by atoms with Crippen LogP contribution in [0, 0.1) is 0 Å². The normalized spacial score (nSPS) is 13.8. The van der Waals surface area contributed by atoms with Gasteiger partial charge in [-0.2, -0.15) is 0 Å². The van der Waals surface area contributed by atoms with E-state index in [0.717, 1.165) is 6.42 Å². The third kappa shape index (κ3) is 3.53. The quantitative estimate of drug-likeness (QED) is 0.875. The Labute approximate surface area is 150 Å². The summed E-state index contributed by atoms with van der Waals surface area (Å²) in [5.41, 5.74) is 1.23. The zero-order chi connectivity index (χ0) is 18.0. The summed E-state index contributed by atoms with van der Waals surface area (Å²) in [6.07, 6.45) is 1.33. The van der Waals surface area contributed by atoms with E-state index < -0.39 is 5.91 Å². The summed E-state index contributed by atoms with van der Waals surface area (Å²) in [4.78, 5) is 25.8. The van der Waals surface area contributed by atoms with Gasteiger partial charge in [0.05, 0.1) is 23.4 Å². The Kier molecular flexibility index (Phi) is 4.81. The number of methoxy groups -OCH3 is 1. The van der Waals surface area contributed by atoms with Gasteiger partial charge in [0.25, 0.3) is 5.91 Å². The van der Waals surface area contributed by atoms with Crippen LogP contribution in [0.2, 0.25) is 5.02 Å². The second-order valence-corrected chi connectivity index (χ2v) is 6.06. The van der Waals surface area contributed by atoms with E-state index in [1.165, 1.54) is 19.2 Å². The number of halogens is 1. The van der Waals surface area contributed by atoms with Crippen molar-refractivity contribution in [3.8, 4) is 11.5 Å². The van der Waals surface area contributed by atoms with Crippen molar-refractivity contribution < 1.29 is 19.4 Å². The highest BCUT2D eigenvalue weighted by Crippen LogP contribution is 2.32. The molecule has 2 N–H and O–H groups in total. The van der Waals surface area contributed by atoms with Crippen molar-refractivity contribution in [1.82, 2.24) is 0 Å². The fraction of sp³-hybridized carbons (Fsp3) is 0.222. The Hall–Kier alpha value is -2.73. The van der Waals surface area contributed by atoms with Crippen LogP contribution in [-0.4, -0.2) is 30.6 Å². The average molecular weight is 361 g/mol. The summed E-state index contributed by atoms with van der Waals surface area (Å²) in [6, 6.07) is 9.39. The van der Waals surface area contributed by atoms with Crippen LogP contribution in [0.4, 0.5) is 11.4 Å². The molecule has 6 nitrogen and oxygen atoms in total. The number of aromatic hydroxyl groups is 1. The van der Waals surface area contributed by atoms with Gasteiger partial charge in [-0.1, -0.05) is 11.6 Å². The van der Waals surface area contributed by atoms with Gasteiger partial charge in [0.1, 0.15) is 11.5 Å². The van der Waals surface area contributed by atoms with Crippen LogP contribution in [0.5, 0.6) is 11.5 Å². The predicted octanol–water partition coefficient (Wildman–Crippen LogP) is 3.43. The summed E-state index contributed by atoms with van der Waals surface area (Å²) in [5, 5.41) is 13.0. The van der Waals surface area contributed by atoms with Crippen molar-refractivity contribution in [2.45, 2.75) is 12.8 Å². The van der Waals surface area contributed by atoms with E-state index in [4.69, 9.17) is 16.3 Å². The van der Waals surface area contributed by atoms with Crippen molar-refractivity contribution in [1.29, 1.82) is 0 Å². The number of hydrogen-bond donors (Lipinski definition) is 2. The van der Waals surface area contributed by atoms with Gasteiger partial charge in [-0.25, -0.2) is 0 Å². The lowest BCUT2D eigenvalue weighted by Gasteiger charge is -2.18. The molecule has 0 aromatic heterocycles. The second-order valence-electron chi connectivity index (χ2n) is 5.65. The Balaban J connectivity index is 1.78. The van der Waals surface area contributed by atoms with Crippen LogP contribution in [0.15, 0.2) is 36.4 Å². The monoisotopic (exact) mass is 360 g/mol. The molecule has 2 aromatic carbocycles. The highest BCUT2D eigenvalue weighted by atomic mass is 35.5. The number of nitrogens with one attached hydrogen (secondary N) is 1. The number of amides is 2. The fourth-order valence-corrected chi connectivity index (χ4v) is 3.02. The molecule has 3 rings (SSSR count).